The molecule has 0 bridgehead atoms. The van der Waals surface area contributed by atoms with Crippen molar-refractivity contribution >= 4 is 29.3 Å². The van der Waals surface area contributed by atoms with Crippen LogP contribution in [-0.2, 0) is 16.1 Å². The Bertz CT molecular complexity index is 581. The maximum Gasteiger partial charge on any atom is 0.415 e. The molecule has 5 nitrogen and oxygen atoms in total. The molecule has 0 saturated carbocycles. The summed E-state index contributed by atoms with van der Waals surface area (Å²) in [5, 5.41) is 0.513. The van der Waals surface area contributed by atoms with Gasteiger partial charge in [-0.25, -0.2) is 4.79 Å². The summed E-state index contributed by atoms with van der Waals surface area (Å²) >= 11 is 6.03. The third-order valence-corrected chi connectivity index (χ3v) is 3.31. The summed E-state index contributed by atoms with van der Waals surface area (Å²) in [5.41, 5.74) is 0.852. The lowest BCUT2D eigenvalue weighted by atomic mass is 10.1. The highest BCUT2D eigenvalue weighted by atomic mass is 35.5. The number of nitrogens with zero attached hydrogens (tertiary/aromatic N) is 2. The van der Waals surface area contributed by atoms with Crippen molar-refractivity contribution in [3.05, 3.63) is 28.8 Å². The Morgan fingerprint density at radius 3 is 2.57 bits per heavy atom. The van der Waals surface area contributed by atoms with Crippen LogP contribution >= 0.6 is 11.6 Å². The van der Waals surface area contributed by atoms with Gasteiger partial charge in [0.2, 0.25) is 5.91 Å². The molecule has 1 heterocycles. The third-order valence-electron chi connectivity index (χ3n) is 3.08. The minimum atomic E-state index is -0.628. The van der Waals surface area contributed by atoms with Crippen LogP contribution in [0.15, 0.2) is 18.2 Å². The van der Waals surface area contributed by atoms with Gasteiger partial charge in [0, 0.05) is 18.6 Å². The van der Waals surface area contributed by atoms with Crippen LogP contribution in [0.1, 0.15) is 26.3 Å². The number of likely N-dealkylation sites (N-methyl/N-ethyl adjacent to an activating group) is 1. The lowest BCUT2D eigenvalue weighted by Gasteiger charge is -2.27. The zero-order chi connectivity index (χ0) is 15.8. The molecule has 0 aliphatic carbocycles. The molecule has 1 aromatic carbocycles. The first-order valence-electron chi connectivity index (χ1n) is 6.70. The van der Waals surface area contributed by atoms with Crippen LogP contribution in [-0.4, -0.2) is 36.1 Å². The van der Waals surface area contributed by atoms with E-state index in [4.69, 9.17) is 16.3 Å². The quantitative estimate of drug-likeness (QED) is 0.740. The van der Waals surface area contributed by atoms with E-state index in [1.807, 2.05) is 6.07 Å². The lowest BCUT2D eigenvalue weighted by Crippen LogP contribution is -2.41. The molecule has 6 heteroatoms. The van der Waals surface area contributed by atoms with Crippen molar-refractivity contribution in [1.29, 1.82) is 0 Å². The normalized spacial score (nSPS) is 15.6. The first-order valence-corrected chi connectivity index (χ1v) is 7.08. The molecule has 0 atom stereocenters. The number of rotatable bonds is 0. The van der Waals surface area contributed by atoms with E-state index in [1.54, 1.807) is 44.9 Å². The molecule has 0 unspecified atom stereocenters. The van der Waals surface area contributed by atoms with Gasteiger partial charge in [0.15, 0.2) is 0 Å². The van der Waals surface area contributed by atoms with Crippen molar-refractivity contribution in [3.63, 3.8) is 0 Å². The SMILES string of the molecule is CN1Cc2ccc(Cl)cc2N(C(=O)OC(C)(C)C)CC1=O. The van der Waals surface area contributed by atoms with E-state index in [9.17, 15) is 9.59 Å². The van der Waals surface area contributed by atoms with Crippen LogP contribution in [0.2, 0.25) is 5.02 Å². The van der Waals surface area contributed by atoms with Crippen molar-refractivity contribution in [2.45, 2.75) is 32.9 Å². The van der Waals surface area contributed by atoms with Crippen molar-refractivity contribution in [2.24, 2.45) is 0 Å². The molecule has 1 aromatic rings. The van der Waals surface area contributed by atoms with E-state index in [1.165, 1.54) is 4.90 Å². The van der Waals surface area contributed by atoms with E-state index in [2.05, 4.69) is 0 Å². The Morgan fingerprint density at radius 1 is 1.29 bits per heavy atom. The Hall–Kier alpha value is -1.75. The first kappa shape index (κ1) is 15.6. The fourth-order valence-electron chi connectivity index (χ4n) is 2.09. The van der Waals surface area contributed by atoms with Crippen molar-refractivity contribution in [3.8, 4) is 0 Å². The minimum Gasteiger partial charge on any atom is -0.443 e. The highest BCUT2D eigenvalue weighted by Gasteiger charge is 2.30. The summed E-state index contributed by atoms with van der Waals surface area (Å²) in [5.74, 6) is -0.145. The number of hydrogen-bond donors (Lipinski definition) is 0. The van der Waals surface area contributed by atoms with Gasteiger partial charge in [-0.05, 0) is 38.5 Å². The molecule has 2 amide bonds. The zero-order valence-corrected chi connectivity index (χ0v) is 13.4. The predicted octanol–water partition coefficient (Wildman–Crippen LogP) is 3.05. The Balaban J connectivity index is 2.42. The fourth-order valence-corrected chi connectivity index (χ4v) is 2.25. The molecule has 114 valence electrons. The van der Waals surface area contributed by atoms with Gasteiger partial charge < -0.3 is 9.64 Å². The summed E-state index contributed by atoms with van der Waals surface area (Å²) in [6, 6.07) is 5.26. The number of anilines is 1. The summed E-state index contributed by atoms with van der Waals surface area (Å²) in [6.45, 7) is 5.74. The molecule has 21 heavy (non-hydrogen) atoms. The Kier molecular flexibility index (Phi) is 4.14. The van der Waals surface area contributed by atoms with Crippen LogP contribution < -0.4 is 4.90 Å². The summed E-state index contributed by atoms with van der Waals surface area (Å²) in [4.78, 5) is 27.4. The van der Waals surface area contributed by atoms with E-state index in [-0.39, 0.29) is 12.5 Å². The van der Waals surface area contributed by atoms with E-state index in [0.29, 0.717) is 17.3 Å². The number of carbonyl (C=O) groups is 2. The number of carbonyl (C=O) groups excluding carboxylic acids is 2. The van der Waals surface area contributed by atoms with Crippen molar-refractivity contribution < 1.29 is 14.3 Å². The zero-order valence-electron chi connectivity index (χ0n) is 12.6. The van der Waals surface area contributed by atoms with Crippen molar-refractivity contribution in [2.75, 3.05) is 18.5 Å². The molecule has 0 N–H and O–H groups in total. The van der Waals surface area contributed by atoms with Gasteiger partial charge in [-0.15, -0.1) is 0 Å². The maximum absolute atomic E-state index is 12.4. The summed E-state index contributed by atoms with van der Waals surface area (Å²) < 4.78 is 5.39. The number of ether oxygens (including phenoxy) is 1. The number of benzene rings is 1. The van der Waals surface area contributed by atoms with Gasteiger partial charge in [0.1, 0.15) is 12.1 Å². The van der Waals surface area contributed by atoms with Gasteiger partial charge in [-0.1, -0.05) is 17.7 Å². The fraction of sp³-hybridized carbons (Fsp3) is 0.467. The van der Waals surface area contributed by atoms with Crippen molar-refractivity contribution in [1.82, 2.24) is 4.90 Å². The molecule has 0 aromatic heterocycles. The molecular formula is C15H19ClN2O3. The largest absolute Gasteiger partial charge is 0.443 e. The van der Waals surface area contributed by atoms with Crippen LogP contribution in [0.25, 0.3) is 0 Å². The molecule has 2 rings (SSSR count). The van der Waals surface area contributed by atoms with Gasteiger partial charge >= 0.3 is 6.09 Å². The van der Waals surface area contributed by atoms with Gasteiger partial charge in [-0.2, -0.15) is 0 Å². The third kappa shape index (κ3) is 3.67. The monoisotopic (exact) mass is 310 g/mol. The minimum absolute atomic E-state index is 0.0568. The number of amides is 2. The molecule has 0 saturated heterocycles. The average molecular weight is 311 g/mol. The first-order chi connectivity index (χ1) is 9.67. The average Bonchev–Trinajstić information content (AvgIpc) is 2.46. The summed E-state index contributed by atoms with van der Waals surface area (Å²) in [7, 11) is 1.71. The predicted molar refractivity (Wildman–Crippen MR) is 81.5 cm³/mol. The summed E-state index contributed by atoms with van der Waals surface area (Å²) in [6.07, 6.45) is -0.547. The van der Waals surface area contributed by atoms with Crippen LogP contribution in [0.4, 0.5) is 10.5 Å². The van der Waals surface area contributed by atoms with Crippen LogP contribution in [0.3, 0.4) is 0 Å². The van der Waals surface area contributed by atoms with Gasteiger partial charge in [-0.3, -0.25) is 9.69 Å². The molecule has 1 aliphatic heterocycles. The number of fused-ring (bicyclic) bond motifs is 1. The van der Waals surface area contributed by atoms with Crippen LogP contribution in [0.5, 0.6) is 0 Å². The number of halogens is 1. The second-order valence-electron chi connectivity index (χ2n) is 6.09. The lowest BCUT2D eigenvalue weighted by molar-refractivity contribution is -0.128. The van der Waals surface area contributed by atoms with E-state index >= 15 is 0 Å². The molecule has 1 aliphatic rings. The van der Waals surface area contributed by atoms with Crippen LogP contribution in [0, 0.1) is 0 Å². The van der Waals surface area contributed by atoms with Gasteiger partial charge in [0.25, 0.3) is 0 Å². The molecule has 0 fully saturated rings. The second-order valence-corrected chi connectivity index (χ2v) is 6.53. The van der Waals surface area contributed by atoms with Gasteiger partial charge in [0.05, 0.1) is 5.69 Å². The number of hydrogen-bond acceptors (Lipinski definition) is 3. The topological polar surface area (TPSA) is 49.9 Å². The second kappa shape index (κ2) is 5.56. The highest BCUT2D eigenvalue weighted by Crippen LogP contribution is 2.29. The standard InChI is InChI=1S/C15H19ClN2O3/c1-15(2,3)21-14(20)18-9-13(19)17(4)8-10-5-6-11(16)7-12(10)18/h5-7H,8-9H2,1-4H3. The smallest absolute Gasteiger partial charge is 0.415 e. The van der Waals surface area contributed by atoms with E-state index < -0.39 is 11.7 Å². The highest BCUT2D eigenvalue weighted by molar-refractivity contribution is 6.31. The van der Waals surface area contributed by atoms with E-state index in [0.717, 1.165) is 5.56 Å². The molecular weight excluding hydrogens is 292 g/mol. The molecule has 0 spiro atoms. The Labute approximate surface area is 129 Å². The Morgan fingerprint density at radius 2 is 1.95 bits per heavy atom. The molecule has 0 radical (unpaired) electrons. The maximum atomic E-state index is 12.4.